The maximum absolute atomic E-state index is 5.11. The average Bonchev–Trinajstić information content (AvgIpc) is 3.32. The lowest BCUT2D eigenvalue weighted by molar-refractivity contribution is 1.07. The lowest BCUT2D eigenvalue weighted by atomic mass is 9.91. The zero-order valence-corrected chi connectivity index (χ0v) is 31.4. The number of nitrogens with zero attached hydrogens (tertiary/aromatic N) is 5. The predicted molar refractivity (Wildman–Crippen MR) is 236 cm³/mol. The number of hydrogen-bond acceptors (Lipinski definition) is 5. The van der Waals surface area contributed by atoms with Gasteiger partial charge in [-0.05, 0) is 45.7 Å². The Morgan fingerprint density at radius 3 is 1.28 bits per heavy atom. The Hall–Kier alpha value is -7.89. The van der Waals surface area contributed by atoms with Crippen LogP contribution in [0.1, 0.15) is 0 Å². The van der Waals surface area contributed by atoms with Crippen molar-refractivity contribution in [1.82, 2.24) is 24.9 Å². The van der Waals surface area contributed by atoms with Gasteiger partial charge in [-0.3, -0.25) is 0 Å². The molecule has 0 fully saturated rings. The molecule has 0 aliphatic rings. The van der Waals surface area contributed by atoms with Crippen LogP contribution in [0.2, 0.25) is 0 Å². The molecule has 0 N–H and O–H groups in total. The van der Waals surface area contributed by atoms with Crippen molar-refractivity contribution in [2.45, 2.75) is 0 Å². The van der Waals surface area contributed by atoms with E-state index in [4.69, 9.17) is 24.9 Å². The minimum atomic E-state index is 0.623. The van der Waals surface area contributed by atoms with Crippen LogP contribution in [-0.4, -0.2) is 24.9 Å². The van der Waals surface area contributed by atoms with Gasteiger partial charge in [0.05, 0.1) is 11.4 Å². The first-order valence-corrected chi connectivity index (χ1v) is 19.3. The average molecular weight is 742 g/mol. The van der Waals surface area contributed by atoms with E-state index in [1.807, 2.05) is 97.1 Å². The fourth-order valence-electron chi connectivity index (χ4n) is 7.46. The smallest absolute Gasteiger partial charge is 0.164 e. The second kappa shape index (κ2) is 15.3. The molecule has 0 radical (unpaired) electrons. The number of rotatable bonds is 8. The van der Waals surface area contributed by atoms with Crippen molar-refractivity contribution in [2.24, 2.45) is 0 Å². The lowest BCUT2D eigenvalue weighted by Gasteiger charge is -2.15. The normalized spacial score (nSPS) is 11.1. The molecule has 2 aromatic heterocycles. The maximum atomic E-state index is 5.11. The van der Waals surface area contributed by atoms with Crippen LogP contribution in [0.25, 0.3) is 101 Å². The van der Waals surface area contributed by atoms with Gasteiger partial charge in [0.25, 0.3) is 0 Å². The summed E-state index contributed by atoms with van der Waals surface area (Å²) in [5.74, 6) is 2.57. The topological polar surface area (TPSA) is 64.5 Å². The van der Waals surface area contributed by atoms with E-state index in [0.29, 0.717) is 23.3 Å². The zero-order valence-electron chi connectivity index (χ0n) is 31.4. The van der Waals surface area contributed by atoms with E-state index in [1.165, 1.54) is 0 Å². The first kappa shape index (κ1) is 34.6. The summed E-state index contributed by atoms with van der Waals surface area (Å²) in [6.07, 6.45) is 0. The van der Waals surface area contributed by atoms with E-state index < -0.39 is 0 Å². The molecule has 5 nitrogen and oxygen atoms in total. The van der Waals surface area contributed by atoms with Crippen molar-refractivity contribution in [3.63, 3.8) is 0 Å². The second-order valence-corrected chi connectivity index (χ2v) is 14.1. The fourth-order valence-corrected chi connectivity index (χ4v) is 7.46. The summed E-state index contributed by atoms with van der Waals surface area (Å²) < 4.78 is 0. The summed E-state index contributed by atoms with van der Waals surface area (Å²) in [6.45, 7) is 0. The summed E-state index contributed by atoms with van der Waals surface area (Å²) in [7, 11) is 0. The molecule has 58 heavy (non-hydrogen) atoms. The third-order valence-corrected chi connectivity index (χ3v) is 10.4. The first-order valence-electron chi connectivity index (χ1n) is 19.3. The molecule has 8 aromatic carbocycles. The van der Waals surface area contributed by atoms with Crippen LogP contribution in [-0.2, 0) is 0 Å². The van der Waals surface area contributed by atoms with Crippen LogP contribution in [0.15, 0.2) is 212 Å². The summed E-state index contributed by atoms with van der Waals surface area (Å²) in [5.41, 5.74) is 11.9. The van der Waals surface area contributed by atoms with Crippen LogP contribution in [0.3, 0.4) is 0 Å². The van der Waals surface area contributed by atoms with Crippen LogP contribution >= 0.6 is 0 Å². The molecule has 0 bridgehead atoms. The quantitative estimate of drug-likeness (QED) is 0.155. The summed E-state index contributed by atoms with van der Waals surface area (Å²) >= 11 is 0. The van der Waals surface area contributed by atoms with E-state index >= 15 is 0 Å². The SMILES string of the molecule is c1ccc(-c2cc(-c3ccccc3)nc(-c3cccc(-c4ccc(-c5c(-c6nc(-c7ccccc7)nc(-c7ccccc7)n6)ccc6ccccc56)cc4)c3)n2)cc1. The van der Waals surface area contributed by atoms with E-state index in [9.17, 15) is 0 Å². The van der Waals surface area contributed by atoms with Crippen LogP contribution in [0, 0.1) is 0 Å². The molecular formula is C53H35N5. The molecule has 0 aliphatic heterocycles. The Morgan fingerprint density at radius 1 is 0.241 bits per heavy atom. The highest BCUT2D eigenvalue weighted by molar-refractivity contribution is 6.03. The first-order chi connectivity index (χ1) is 28.7. The third kappa shape index (κ3) is 6.93. The van der Waals surface area contributed by atoms with Gasteiger partial charge in [0, 0.05) is 38.9 Å². The van der Waals surface area contributed by atoms with Gasteiger partial charge in [-0.1, -0.05) is 194 Å². The van der Waals surface area contributed by atoms with Crippen LogP contribution in [0.5, 0.6) is 0 Å². The summed E-state index contributed by atoms with van der Waals surface area (Å²) in [4.78, 5) is 25.3. The van der Waals surface area contributed by atoms with Gasteiger partial charge in [0.2, 0.25) is 0 Å². The molecule has 5 heteroatoms. The lowest BCUT2D eigenvalue weighted by Crippen LogP contribution is -2.01. The molecular weight excluding hydrogens is 707 g/mol. The van der Waals surface area contributed by atoms with E-state index in [-0.39, 0.29) is 0 Å². The van der Waals surface area contributed by atoms with Crippen molar-refractivity contribution >= 4 is 10.8 Å². The van der Waals surface area contributed by atoms with Gasteiger partial charge in [-0.25, -0.2) is 24.9 Å². The molecule has 0 aliphatic carbocycles. The molecule has 10 rings (SSSR count). The predicted octanol–water partition coefficient (Wildman–Crippen LogP) is 13.2. The molecule has 0 atom stereocenters. The Labute approximate surface area is 337 Å². The van der Waals surface area contributed by atoms with E-state index in [1.54, 1.807) is 0 Å². The highest BCUT2D eigenvalue weighted by Gasteiger charge is 2.18. The van der Waals surface area contributed by atoms with E-state index in [0.717, 1.165) is 77.8 Å². The van der Waals surface area contributed by atoms with Crippen molar-refractivity contribution in [3.05, 3.63) is 212 Å². The second-order valence-electron chi connectivity index (χ2n) is 14.1. The standard InChI is InChI=1S/C53H35N5/c1-5-17-38(18-6-1)47-35-48(39-19-7-2-8-20-39)55-52(54-47)44-26-15-25-43(34-44)36-28-30-40(31-29-36)49-45-27-14-13-16-37(45)32-33-46(49)53-57-50(41-21-9-3-10-22-41)56-51(58-53)42-23-11-4-12-24-42/h1-35H. The fraction of sp³-hybridized carbons (Fsp3) is 0. The molecule has 0 spiro atoms. The van der Waals surface area contributed by atoms with E-state index in [2.05, 4.69) is 115 Å². The minimum absolute atomic E-state index is 0.623. The van der Waals surface area contributed by atoms with Crippen molar-refractivity contribution < 1.29 is 0 Å². The van der Waals surface area contributed by atoms with Gasteiger partial charge in [-0.15, -0.1) is 0 Å². The Kier molecular flexibility index (Phi) is 9.14. The van der Waals surface area contributed by atoms with Gasteiger partial charge in [0.15, 0.2) is 23.3 Å². The Bertz CT molecular complexity index is 2910. The number of aromatic nitrogens is 5. The molecule has 0 unspecified atom stereocenters. The monoisotopic (exact) mass is 741 g/mol. The van der Waals surface area contributed by atoms with Crippen LogP contribution < -0.4 is 0 Å². The van der Waals surface area contributed by atoms with Crippen LogP contribution in [0.4, 0.5) is 0 Å². The van der Waals surface area contributed by atoms with Gasteiger partial charge in [0.1, 0.15) is 0 Å². The summed E-state index contributed by atoms with van der Waals surface area (Å²) in [5, 5.41) is 2.27. The molecule has 2 heterocycles. The number of hydrogen-bond donors (Lipinski definition) is 0. The van der Waals surface area contributed by atoms with Crippen molar-refractivity contribution in [3.8, 4) is 90.3 Å². The maximum Gasteiger partial charge on any atom is 0.164 e. The highest BCUT2D eigenvalue weighted by atomic mass is 15.0. The van der Waals surface area contributed by atoms with Crippen molar-refractivity contribution in [1.29, 1.82) is 0 Å². The van der Waals surface area contributed by atoms with Gasteiger partial charge < -0.3 is 0 Å². The van der Waals surface area contributed by atoms with Gasteiger partial charge >= 0.3 is 0 Å². The number of fused-ring (bicyclic) bond motifs is 1. The molecule has 10 aromatic rings. The molecule has 0 saturated heterocycles. The largest absolute Gasteiger partial charge is 0.228 e. The highest BCUT2D eigenvalue weighted by Crippen LogP contribution is 2.39. The molecule has 0 amide bonds. The Balaban J connectivity index is 1.07. The minimum Gasteiger partial charge on any atom is -0.228 e. The molecule has 0 saturated carbocycles. The number of benzene rings is 8. The molecule has 272 valence electrons. The zero-order chi connectivity index (χ0) is 38.7. The van der Waals surface area contributed by atoms with Crippen molar-refractivity contribution in [2.75, 3.05) is 0 Å². The Morgan fingerprint density at radius 2 is 0.690 bits per heavy atom. The summed E-state index contributed by atoms with van der Waals surface area (Å²) in [6, 6.07) is 72.9. The van der Waals surface area contributed by atoms with Gasteiger partial charge in [-0.2, -0.15) is 0 Å². The third-order valence-electron chi connectivity index (χ3n) is 10.4.